The van der Waals surface area contributed by atoms with Gasteiger partial charge in [0, 0.05) is 13.2 Å². The Kier molecular flexibility index (Phi) is 3.67. The molecule has 0 unspecified atom stereocenters. The predicted octanol–water partition coefficient (Wildman–Crippen LogP) is 1.19. The van der Waals surface area contributed by atoms with E-state index >= 15 is 0 Å². The maximum atomic E-state index is 8.54. The highest BCUT2D eigenvalue weighted by Crippen LogP contribution is 2.28. The Morgan fingerprint density at radius 3 is 2.94 bits per heavy atom. The van der Waals surface area contributed by atoms with Crippen LogP contribution < -0.4 is 5.32 Å². The van der Waals surface area contributed by atoms with Crippen molar-refractivity contribution < 1.29 is 4.74 Å². The van der Waals surface area contributed by atoms with E-state index in [-0.39, 0.29) is 0 Å². The summed E-state index contributed by atoms with van der Waals surface area (Å²) in [5, 5.41) is 11.6. The highest BCUT2D eigenvalue weighted by molar-refractivity contribution is 5.32. The molecular weight excluding hydrogens is 204 g/mol. The van der Waals surface area contributed by atoms with E-state index in [0.29, 0.717) is 24.7 Å². The molecule has 1 heterocycles. The number of hydrogen-bond donors (Lipinski definition) is 1. The summed E-state index contributed by atoms with van der Waals surface area (Å²) in [6, 6.07) is 1.92. The van der Waals surface area contributed by atoms with Gasteiger partial charge in [0.1, 0.15) is 11.9 Å². The maximum absolute atomic E-state index is 8.54. The van der Waals surface area contributed by atoms with Gasteiger partial charge in [-0.15, -0.1) is 0 Å². The fourth-order valence-corrected chi connectivity index (χ4v) is 1.26. The second-order valence-electron chi connectivity index (χ2n) is 3.84. The van der Waals surface area contributed by atoms with Gasteiger partial charge in [-0.1, -0.05) is 0 Å². The Balaban J connectivity index is 1.62. The molecule has 1 fully saturated rings. The fraction of sp³-hybridized carbons (Fsp3) is 0.545. The summed E-state index contributed by atoms with van der Waals surface area (Å²) >= 11 is 0. The Labute approximate surface area is 94.5 Å². The van der Waals surface area contributed by atoms with Crippen LogP contribution in [0.25, 0.3) is 0 Å². The van der Waals surface area contributed by atoms with E-state index < -0.39 is 0 Å². The molecule has 0 saturated heterocycles. The van der Waals surface area contributed by atoms with E-state index in [1.54, 1.807) is 6.20 Å². The molecule has 0 amide bonds. The first-order valence-corrected chi connectivity index (χ1v) is 5.42. The average Bonchev–Trinajstić information content (AvgIpc) is 3.13. The number of hydrogen-bond acceptors (Lipinski definition) is 5. The molecule has 5 nitrogen and oxygen atoms in total. The highest BCUT2D eigenvalue weighted by Gasteiger charge is 2.20. The Morgan fingerprint density at radius 1 is 1.44 bits per heavy atom. The summed E-state index contributed by atoms with van der Waals surface area (Å²) in [6.07, 6.45) is 5.63. The van der Waals surface area contributed by atoms with Gasteiger partial charge in [0.25, 0.3) is 0 Å². The van der Waals surface area contributed by atoms with Crippen molar-refractivity contribution in [2.75, 3.05) is 25.1 Å². The van der Waals surface area contributed by atoms with Crippen LogP contribution in [0.5, 0.6) is 0 Å². The van der Waals surface area contributed by atoms with E-state index in [9.17, 15) is 0 Å². The summed E-state index contributed by atoms with van der Waals surface area (Å²) in [4.78, 5) is 7.95. The van der Waals surface area contributed by atoms with E-state index in [1.807, 2.05) is 6.07 Å². The third kappa shape index (κ3) is 3.48. The van der Waals surface area contributed by atoms with Crippen molar-refractivity contribution in [2.45, 2.75) is 12.8 Å². The topological polar surface area (TPSA) is 70.8 Å². The summed E-state index contributed by atoms with van der Waals surface area (Å²) in [5.74, 6) is 1.48. The molecule has 16 heavy (non-hydrogen) atoms. The largest absolute Gasteiger partial charge is 0.379 e. The number of anilines is 1. The van der Waals surface area contributed by atoms with Crippen LogP contribution in [0.3, 0.4) is 0 Å². The van der Waals surface area contributed by atoms with E-state index in [1.165, 1.54) is 19.0 Å². The second kappa shape index (κ2) is 5.42. The number of aromatic nitrogens is 2. The molecule has 1 aromatic rings. The smallest absolute Gasteiger partial charge is 0.158 e. The summed E-state index contributed by atoms with van der Waals surface area (Å²) in [6.45, 7) is 2.27. The first kappa shape index (κ1) is 10.8. The Bertz CT molecular complexity index is 367. The van der Waals surface area contributed by atoms with Crippen molar-refractivity contribution in [3.8, 4) is 6.07 Å². The van der Waals surface area contributed by atoms with Crippen molar-refractivity contribution in [1.82, 2.24) is 9.97 Å². The van der Waals surface area contributed by atoms with Crippen molar-refractivity contribution in [1.29, 1.82) is 5.26 Å². The SMILES string of the molecule is N#Cc1cnc(NCCOCC2CC2)cn1. The molecule has 1 aliphatic rings. The zero-order chi connectivity index (χ0) is 11.2. The van der Waals surface area contributed by atoms with Gasteiger partial charge in [0.15, 0.2) is 5.69 Å². The lowest BCUT2D eigenvalue weighted by Crippen LogP contribution is -2.11. The van der Waals surface area contributed by atoms with E-state index in [4.69, 9.17) is 10.00 Å². The van der Waals surface area contributed by atoms with Crippen molar-refractivity contribution in [2.24, 2.45) is 5.92 Å². The van der Waals surface area contributed by atoms with Crippen molar-refractivity contribution in [3.63, 3.8) is 0 Å². The van der Waals surface area contributed by atoms with Crippen LogP contribution >= 0.6 is 0 Å². The molecular formula is C11H14N4O. The van der Waals surface area contributed by atoms with Gasteiger partial charge >= 0.3 is 0 Å². The van der Waals surface area contributed by atoms with Crippen LogP contribution in [0.15, 0.2) is 12.4 Å². The third-order valence-corrected chi connectivity index (χ3v) is 2.37. The molecule has 0 bridgehead atoms. The fourth-order valence-electron chi connectivity index (χ4n) is 1.26. The van der Waals surface area contributed by atoms with Gasteiger partial charge in [-0.2, -0.15) is 5.26 Å². The summed E-state index contributed by atoms with van der Waals surface area (Å²) < 4.78 is 5.46. The normalized spacial score (nSPS) is 14.4. The molecule has 1 N–H and O–H groups in total. The van der Waals surface area contributed by atoms with Gasteiger partial charge in [-0.25, -0.2) is 9.97 Å². The molecule has 0 spiro atoms. The standard InChI is InChI=1S/C11H14N4O/c12-5-10-6-15-11(7-14-10)13-3-4-16-8-9-1-2-9/h6-7,9H,1-4,8H2,(H,13,15). The highest BCUT2D eigenvalue weighted by atomic mass is 16.5. The Hall–Kier alpha value is -1.67. The molecule has 1 saturated carbocycles. The van der Waals surface area contributed by atoms with E-state index in [0.717, 1.165) is 12.5 Å². The molecule has 0 aromatic carbocycles. The van der Waals surface area contributed by atoms with Crippen molar-refractivity contribution in [3.05, 3.63) is 18.1 Å². The van der Waals surface area contributed by atoms with Gasteiger partial charge in [-0.3, -0.25) is 0 Å². The number of ether oxygens (including phenoxy) is 1. The number of nitriles is 1. The van der Waals surface area contributed by atoms with Gasteiger partial charge in [-0.05, 0) is 18.8 Å². The second-order valence-corrected chi connectivity index (χ2v) is 3.84. The van der Waals surface area contributed by atoms with Gasteiger partial charge in [0.05, 0.1) is 19.0 Å². The van der Waals surface area contributed by atoms with Gasteiger partial charge in [0.2, 0.25) is 0 Å². The van der Waals surface area contributed by atoms with Crippen molar-refractivity contribution >= 4 is 5.82 Å². The number of nitrogens with one attached hydrogen (secondary N) is 1. The van der Waals surface area contributed by atoms with Gasteiger partial charge < -0.3 is 10.1 Å². The molecule has 0 radical (unpaired) electrons. The average molecular weight is 218 g/mol. The lowest BCUT2D eigenvalue weighted by Gasteiger charge is -2.05. The molecule has 0 atom stereocenters. The van der Waals surface area contributed by atoms with Crippen LogP contribution in [-0.4, -0.2) is 29.7 Å². The zero-order valence-corrected chi connectivity index (χ0v) is 9.02. The van der Waals surface area contributed by atoms with Crippen LogP contribution in [0.4, 0.5) is 5.82 Å². The Morgan fingerprint density at radius 2 is 2.31 bits per heavy atom. The number of nitrogens with zero attached hydrogens (tertiary/aromatic N) is 3. The molecule has 84 valence electrons. The third-order valence-electron chi connectivity index (χ3n) is 2.37. The van der Waals surface area contributed by atoms with Crippen LogP contribution in [-0.2, 0) is 4.74 Å². The molecule has 5 heteroatoms. The minimum atomic E-state index is 0.329. The molecule has 0 aliphatic heterocycles. The van der Waals surface area contributed by atoms with Crippen LogP contribution in [0.1, 0.15) is 18.5 Å². The monoisotopic (exact) mass is 218 g/mol. The lowest BCUT2D eigenvalue weighted by molar-refractivity contribution is 0.134. The van der Waals surface area contributed by atoms with E-state index in [2.05, 4.69) is 15.3 Å². The summed E-state index contributed by atoms with van der Waals surface area (Å²) in [7, 11) is 0. The molecule has 1 aromatic heterocycles. The summed E-state index contributed by atoms with van der Waals surface area (Å²) in [5.41, 5.74) is 0.329. The number of rotatable bonds is 6. The maximum Gasteiger partial charge on any atom is 0.158 e. The van der Waals surface area contributed by atoms with Crippen LogP contribution in [0, 0.1) is 17.2 Å². The minimum Gasteiger partial charge on any atom is -0.379 e. The first-order chi connectivity index (χ1) is 7.88. The minimum absolute atomic E-state index is 0.329. The molecule has 2 rings (SSSR count). The first-order valence-electron chi connectivity index (χ1n) is 5.42. The molecule has 1 aliphatic carbocycles. The lowest BCUT2D eigenvalue weighted by atomic mass is 10.5. The zero-order valence-electron chi connectivity index (χ0n) is 9.02. The quantitative estimate of drug-likeness (QED) is 0.726. The predicted molar refractivity (Wildman–Crippen MR) is 58.8 cm³/mol. The van der Waals surface area contributed by atoms with Crippen LogP contribution in [0.2, 0.25) is 0 Å².